The van der Waals surface area contributed by atoms with Gasteiger partial charge in [0, 0.05) is 12.6 Å². The molecule has 0 saturated carbocycles. The van der Waals surface area contributed by atoms with Gasteiger partial charge in [-0.1, -0.05) is 34.6 Å². The van der Waals surface area contributed by atoms with Crippen molar-refractivity contribution in [2.45, 2.75) is 79.9 Å². The van der Waals surface area contributed by atoms with E-state index >= 15 is 0 Å². The molecule has 0 radical (unpaired) electrons. The van der Waals surface area contributed by atoms with Gasteiger partial charge < -0.3 is 15.4 Å². The van der Waals surface area contributed by atoms with Gasteiger partial charge in [-0.15, -0.1) is 0 Å². The second-order valence-corrected chi connectivity index (χ2v) is 8.93. The average molecular weight is 312 g/mol. The summed E-state index contributed by atoms with van der Waals surface area (Å²) in [5, 5.41) is 6.64. The third kappa shape index (κ3) is 5.15. The van der Waals surface area contributed by atoms with Gasteiger partial charge in [0.05, 0.1) is 0 Å². The fraction of sp³-hybridized carbons (Fsp3) is 0.944. The molecule has 3 unspecified atom stereocenters. The normalized spacial score (nSPS) is 32.7. The molecule has 22 heavy (non-hydrogen) atoms. The van der Waals surface area contributed by atoms with E-state index in [9.17, 15) is 4.79 Å². The zero-order valence-electron chi connectivity index (χ0n) is 15.8. The monoisotopic (exact) mass is 312 g/mol. The smallest absolute Gasteiger partial charge is 0.407 e. The lowest BCUT2D eigenvalue weighted by atomic mass is 9.63. The largest absolute Gasteiger partial charge is 0.444 e. The summed E-state index contributed by atoms with van der Waals surface area (Å²) in [4.78, 5) is 12.2. The third-order valence-corrected chi connectivity index (χ3v) is 5.33. The molecule has 0 aromatic carbocycles. The van der Waals surface area contributed by atoms with Crippen molar-refractivity contribution in [3.05, 3.63) is 0 Å². The van der Waals surface area contributed by atoms with Gasteiger partial charge in [-0.25, -0.2) is 4.79 Å². The molecule has 4 nitrogen and oxygen atoms in total. The lowest BCUT2D eigenvalue weighted by molar-refractivity contribution is 0.0300. The number of ether oxygens (including phenoxy) is 1. The number of hydrogen-bond acceptors (Lipinski definition) is 3. The predicted octanol–water partition coefficient (Wildman–Crippen LogP) is 3.95. The van der Waals surface area contributed by atoms with E-state index in [4.69, 9.17) is 4.74 Å². The number of alkyl carbamates (subject to hydrolysis) is 1. The molecule has 1 saturated heterocycles. The van der Waals surface area contributed by atoms with Crippen molar-refractivity contribution in [1.29, 1.82) is 0 Å². The standard InChI is InChI=1S/C18H36N2O2/c1-9-18(8)12-17(6,7)13(2)10-19-11-14(18)20-15(21)22-16(3,4)5/h13-14,19H,9-12H2,1-8H3,(H,20,21). The lowest BCUT2D eigenvalue weighted by Crippen LogP contribution is -2.56. The van der Waals surface area contributed by atoms with Crippen LogP contribution < -0.4 is 10.6 Å². The molecule has 130 valence electrons. The fourth-order valence-corrected chi connectivity index (χ4v) is 3.35. The van der Waals surface area contributed by atoms with E-state index in [1.54, 1.807) is 0 Å². The minimum atomic E-state index is -0.463. The molecule has 0 aromatic heterocycles. The van der Waals surface area contributed by atoms with Crippen LogP contribution in [-0.4, -0.2) is 30.8 Å². The maximum Gasteiger partial charge on any atom is 0.407 e. The molecule has 0 aromatic rings. The first kappa shape index (κ1) is 19.3. The van der Waals surface area contributed by atoms with Crippen LogP contribution in [0, 0.1) is 16.7 Å². The van der Waals surface area contributed by atoms with Crippen molar-refractivity contribution >= 4 is 6.09 Å². The molecule has 1 fully saturated rings. The maximum absolute atomic E-state index is 12.2. The van der Waals surface area contributed by atoms with Gasteiger partial charge in [-0.3, -0.25) is 0 Å². The Morgan fingerprint density at radius 3 is 2.36 bits per heavy atom. The summed E-state index contributed by atoms with van der Waals surface area (Å²) in [7, 11) is 0. The Kier molecular flexibility index (Phi) is 5.94. The Hall–Kier alpha value is -0.770. The highest BCUT2D eigenvalue weighted by atomic mass is 16.6. The van der Waals surface area contributed by atoms with E-state index in [-0.39, 0.29) is 23.0 Å². The summed E-state index contributed by atoms with van der Waals surface area (Å²) in [6, 6.07) is 0.0825. The number of carbonyl (C=O) groups is 1. The zero-order valence-corrected chi connectivity index (χ0v) is 15.8. The van der Waals surface area contributed by atoms with Gasteiger partial charge in [0.1, 0.15) is 5.60 Å². The first-order valence-corrected chi connectivity index (χ1v) is 8.60. The summed E-state index contributed by atoms with van der Waals surface area (Å²) in [5.74, 6) is 0.612. The molecule has 2 N–H and O–H groups in total. The van der Waals surface area contributed by atoms with Gasteiger partial charge in [0.15, 0.2) is 0 Å². The predicted molar refractivity (Wildman–Crippen MR) is 92.0 cm³/mol. The fourth-order valence-electron chi connectivity index (χ4n) is 3.35. The van der Waals surface area contributed by atoms with Crippen LogP contribution in [0.5, 0.6) is 0 Å². The van der Waals surface area contributed by atoms with Gasteiger partial charge in [-0.05, 0) is 56.9 Å². The SMILES string of the molecule is CCC1(C)CC(C)(C)C(C)CNCC1NC(=O)OC(C)(C)C. The molecule has 3 atom stereocenters. The van der Waals surface area contributed by atoms with Gasteiger partial charge in [0.2, 0.25) is 0 Å². The number of rotatable bonds is 2. The third-order valence-electron chi connectivity index (χ3n) is 5.33. The molecule has 4 heteroatoms. The summed E-state index contributed by atoms with van der Waals surface area (Å²) in [6.07, 6.45) is 1.82. The van der Waals surface area contributed by atoms with E-state index in [0.717, 1.165) is 25.9 Å². The molecular formula is C18H36N2O2. The number of carbonyl (C=O) groups excluding carboxylic acids is 1. The van der Waals surface area contributed by atoms with E-state index in [2.05, 4.69) is 45.3 Å². The molecule has 1 heterocycles. The van der Waals surface area contributed by atoms with Crippen molar-refractivity contribution in [1.82, 2.24) is 10.6 Å². The minimum absolute atomic E-state index is 0.0576. The molecule has 1 aliphatic heterocycles. The number of nitrogens with one attached hydrogen (secondary N) is 2. The van der Waals surface area contributed by atoms with Crippen LogP contribution in [0.3, 0.4) is 0 Å². The molecule has 0 bridgehead atoms. The van der Waals surface area contributed by atoms with E-state index in [1.807, 2.05) is 20.8 Å². The molecule has 0 aliphatic carbocycles. The zero-order chi connectivity index (χ0) is 17.2. The lowest BCUT2D eigenvalue weighted by Gasteiger charge is -2.47. The highest BCUT2D eigenvalue weighted by Gasteiger charge is 2.42. The van der Waals surface area contributed by atoms with Crippen LogP contribution in [0.2, 0.25) is 0 Å². The van der Waals surface area contributed by atoms with E-state index in [0.29, 0.717) is 5.92 Å². The topological polar surface area (TPSA) is 50.4 Å². The van der Waals surface area contributed by atoms with Gasteiger partial charge >= 0.3 is 6.09 Å². The van der Waals surface area contributed by atoms with E-state index in [1.165, 1.54) is 0 Å². The summed E-state index contributed by atoms with van der Waals surface area (Å²) in [5.41, 5.74) is -0.163. The van der Waals surface area contributed by atoms with Crippen LogP contribution in [0.1, 0.15) is 68.2 Å². The Morgan fingerprint density at radius 1 is 1.27 bits per heavy atom. The summed E-state index contributed by atoms with van der Waals surface area (Å²) >= 11 is 0. The van der Waals surface area contributed by atoms with Crippen LogP contribution in [0.25, 0.3) is 0 Å². The van der Waals surface area contributed by atoms with Crippen molar-refractivity contribution in [3.63, 3.8) is 0 Å². The molecular weight excluding hydrogens is 276 g/mol. The summed E-state index contributed by atoms with van der Waals surface area (Å²) < 4.78 is 5.45. The minimum Gasteiger partial charge on any atom is -0.444 e. The average Bonchev–Trinajstić information content (AvgIpc) is 2.33. The maximum atomic E-state index is 12.2. The second-order valence-electron chi connectivity index (χ2n) is 8.93. The summed E-state index contributed by atoms with van der Waals surface area (Å²) in [6.45, 7) is 19.0. The highest BCUT2D eigenvalue weighted by Crippen LogP contribution is 2.44. The Labute approximate surface area is 136 Å². The molecule has 1 amide bonds. The van der Waals surface area contributed by atoms with Crippen LogP contribution in [0.15, 0.2) is 0 Å². The molecule has 1 aliphatic rings. The molecule has 1 rings (SSSR count). The first-order valence-electron chi connectivity index (χ1n) is 8.60. The Bertz CT molecular complexity index is 387. The van der Waals surface area contributed by atoms with Crippen molar-refractivity contribution in [3.8, 4) is 0 Å². The van der Waals surface area contributed by atoms with Crippen molar-refractivity contribution < 1.29 is 9.53 Å². The second kappa shape index (κ2) is 6.77. The van der Waals surface area contributed by atoms with Crippen molar-refractivity contribution in [2.24, 2.45) is 16.7 Å². The Morgan fingerprint density at radius 2 is 1.86 bits per heavy atom. The number of hydrogen-bond donors (Lipinski definition) is 2. The first-order chi connectivity index (χ1) is 9.89. The number of amides is 1. The van der Waals surface area contributed by atoms with Crippen LogP contribution >= 0.6 is 0 Å². The van der Waals surface area contributed by atoms with Gasteiger partial charge in [-0.2, -0.15) is 0 Å². The highest BCUT2D eigenvalue weighted by molar-refractivity contribution is 5.68. The van der Waals surface area contributed by atoms with E-state index < -0.39 is 5.60 Å². The quantitative estimate of drug-likeness (QED) is 0.811. The van der Waals surface area contributed by atoms with Crippen LogP contribution in [-0.2, 0) is 4.74 Å². The van der Waals surface area contributed by atoms with Crippen molar-refractivity contribution in [2.75, 3.05) is 13.1 Å². The Balaban J connectivity index is 2.89. The molecule has 0 spiro atoms. The van der Waals surface area contributed by atoms with Crippen LogP contribution in [0.4, 0.5) is 4.79 Å². The van der Waals surface area contributed by atoms with Gasteiger partial charge in [0.25, 0.3) is 0 Å².